The lowest BCUT2D eigenvalue weighted by Crippen LogP contribution is -2.41. The highest BCUT2D eigenvalue weighted by molar-refractivity contribution is 7.99. The third-order valence-corrected chi connectivity index (χ3v) is 6.72. The van der Waals surface area contributed by atoms with Gasteiger partial charge in [0.05, 0.1) is 11.9 Å². The molecule has 1 aromatic rings. The van der Waals surface area contributed by atoms with Crippen LogP contribution in [0.15, 0.2) is 10.6 Å². The number of sulfonamides is 1. The normalized spacial score (nSPS) is 16.8. The van der Waals surface area contributed by atoms with Crippen LogP contribution in [0.5, 0.6) is 0 Å². The fourth-order valence-electron chi connectivity index (χ4n) is 2.35. The molecule has 0 unspecified atom stereocenters. The summed E-state index contributed by atoms with van der Waals surface area (Å²) in [5.41, 5.74) is -0.116. The van der Waals surface area contributed by atoms with E-state index in [1.807, 2.05) is 20.8 Å². The molecule has 1 aromatic heterocycles. The first kappa shape index (κ1) is 20.3. The van der Waals surface area contributed by atoms with Crippen LogP contribution in [-0.2, 0) is 26.7 Å². The molecule has 9 heteroatoms. The molecule has 2 heterocycles. The zero-order valence-corrected chi connectivity index (χ0v) is 16.7. The number of carbonyl (C=O) groups is 1. The lowest BCUT2D eigenvalue weighted by Gasteiger charge is -2.25. The van der Waals surface area contributed by atoms with E-state index < -0.39 is 10.0 Å². The van der Waals surface area contributed by atoms with Crippen LogP contribution >= 0.6 is 11.8 Å². The number of aromatic nitrogens is 1. The summed E-state index contributed by atoms with van der Waals surface area (Å²) in [6, 6.07) is 0. The predicted molar refractivity (Wildman–Crippen MR) is 99.2 cm³/mol. The van der Waals surface area contributed by atoms with Crippen LogP contribution in [0.1, 0.15) is 38.8 Å². The van der Waals surface area contributed by atoms with E-state index in [-0.39, 0.29) is 30.0 Å². The molecule has 0 radical (unpaired) electrons. The molecular formula is C16H27N3O4S2. The van der Waals surface area contributed by atoms with Gasteiger partial charge in [0, 0.05) is 49.4 Å². The minimum atomic E-state index is -3.28. The highest BCUT2D eigenvalue weighted by atomic mass is 32.2. The average molecular weight is 390 g/mol. The molecule has 142 valence electrons. The molecule has 0 bridgehead atoms. The summed E-state index contributed by atoms with van der Waals surface area (Å²) in [4.78, 5) is 16.1. The first-order valence-electron chi connectivity index (χ1n) is 8.46. The van der Waals surface area contributed by atoms with E-state index >= 15 is 0 Å². The highest BCUT2D eigenvalue weighted by Crippen LogP contribution is 2.23. The second kappa shape index (κ2) is 8.55. The van der Waals surface area contributed by atoms with Gasteiger partial charge in [0.25, 0.3) is 0 Å². The maximum Gasteiger partial charge on any atom is 0.220 e. The van der Waals surface area contributed by atoms with Gasteiger partial charge < -0.3 is 9.73 Å². The van der Waals surface area contributed by atoms with Crippen molar-refractivity contribution < 1.29 is 17.6 Å². The van der Waals surface area contributed by atoms with Crippen LogP contribution in [0, 0.1) is 0 Å². The summed E-state index contributed by atoms with van der Waals surface area (Å²) in [5, 5.41) is 2.67. The van der Waals surface area contributed by atoms with Crippen molar-refractivity contribution >= 4 is 27.7 Å². The molecule has 0 saturated carbocycles. The monoisotopic (exact) mass is 389 g/mol. The number of carbonyl (C=O) groups excluding carboxylic acids is 1. The van der Waals surface area contributed by atoms with Crippen LogP contribution in [0.25, 0.3) is 0 Å². The minimum Gasteiger partial charge on any atom is -0.445 e. The van der Waals surface area contributed by atoms with Gasteiger partial charge in [0.2, 0.25) is 15.9 Å². The Balaban J connectivity index is 1.71. The fourth-order valence-corrected chi connectivity index (χ4v) is 4.85. The van der Waals surface area contributed by atoms with Crippen molar-refractivity contribution in [3.8, 4) is 0 Å². The van der Waals surface area contributed by atoms with Crippen molar-refractivity contribution in [1.82, 2.24) is 14.6 Å². The van der Waals surface area contributed by atoms with Crippen molar-refractivity contribution in [3.63, 3.8) is 0 Å². The Kier molecular flexibility index (Phi) is 6.93. The smallest absolute Gasteiger partial charge is 0.220 e. The summed E-state index contributed by atoms with van der Waals surface area (Å²) in [5.74, 6) is 2.72. The summed E-state index contributed by atoms with van der Waals surface area (Å²) in [6.07, 6.45) is 2.32. The summed E-state index contributed by atoms with van der Waals surface area (Å²) >= 11 is 1.76. The predicted octanol–water partition coefficient (Wildman–Crippen LogP) is 1.40. The number of hydrogen-bond acceptors (Lipinski definition) is 6. The molecule has 25 heavy (non-hydrogen) atoms. The average Bonchev–Trinajstić information content (AvgIpc) is 3.03. The standard InChI is InChI=1S/C16H27N3O4S2/c1-16(2,3)13-12-18-15(23-13)5-4-14(20)17-6-11-25(21,22)19-7-9-24-10-8-19/h12H,4-11H2,1-3H3,(H,17,20). The number of nitrogens with one attached hydrogen (secondary N) is 1. The SMILES string of the molecule is CC(C)(C)c1cnc(CCC(=O)NCCS(=O)(=O)N2CCSCC2)o1. The first-order valence-corrected chi connectivity index (χ1v) is 11.2. The van der Waals surface area contributed by atoms with Crippen LogP contribution in [0.2, 0.25) is 0 Å². The van der Waals surface area contributed by atoms with Gasteiger partial charge in [-0.05, 0) is 0 Å². The summed E-state index contributed by atoms with van der Waals surface area (Å²) in [6.45, 7) is 7.34. The van der Waals surface area contributed by atoms with Gasteiger partial charge in [0.1, 0.15) is 5.76 Å². The molecule has 7 nitrogen and oxygen atoms in total. The van der Waals surface area contributed by atoms with Crippen LogP contribution in [-0.4, -0.2) is 60.5 Å². The molecule has 1 aliphatic heterocycles. The Bertz CT molecular complexity index is 674. The largest absolute Gasteiger partial charge is 0.445 e. The Morgan fingerprint density at radius 2 is 2.04 bits per heavy atom. The van der Waals surface area contributed by atoms with E-state index in [4.69, 9.17) is 4.42 Å². The lowest BCUT2D eigenvalue weighted by atomic mass is 9.94. The summed E-state index contributed by atoms with van der Waals surface area (Å²) in [7, 11) is -3.28. The number of amides is 1. The third-order valence-electron chi connectivity index (χ3n) is 3.90. The second-order valence-electron chi connectivity index (χ2n) is 7.05. The lowest BCUT2D eigenvalue weighted by molar-refractivity contribution is -0.121. The van der Waals surface area contributed by atoms with Crippen LogP contribution < -0.4 is 5.32 Å². The maximum absolute atomic E-state index is 12.2. The number of oxazole rings is 1. The molecule has 1 N–H and O–H groups in total. The molecule has 1 saturated heterocycles. The van der Waals surface area contributed by atoms with Crippen molar-refractivity contribution in [2.45, 2.75) is 39.0 Å². The van der Waals surface area contributed by atoms with E-state index in [1.54, 1.807) is 18.0 Å². The Morgan fingerprint density at radius 1 is 1.36 bits per heavy atom. The van der Waals surface area contributed by atoms with E-state index in [2.05, 4.69) is 10.3 Å². The number of aryl methyl sites for hydroxylation is 1. The van der Waals surface area contributed by atoms with Crippen molar-refractivity contribution in [1.29, 1.82) is 0 Å². The molecule has 1 aliphatic rings. The number of nitrogens with zero attached hydrogens (tertiary/aromatic N) is 2. The summed E-state index contributed by atoms with van der Waals surface area (Å²) < 4.78 is 31.5. The molecule has 1 amide bonds. The minimum absolute atomic E-state index is 0.0589. The van der Waals surface area contributed by atoms with Crippen molar-refractivity contribution in [3.05, 3.63) is 17.8 Å². The molecule has 0 aliphatic carbocycles. The van der Waals surface area contributed by atoms with Crippen molar-refractivity contribution in [2.75, 3.05) is 36.9 Å². The quantitative estimate of drug-likeness (QED) is 0.758. The van der Waals surface area contributed by atoms with E-state index in [0.717, 1.165) is 17.3 Å². The number of rotatable bonds is 7. The molecule has 0 aromatic carbocycles. The first-order chi connectivity index (χ1) is 11.7. The number of thioether (sulfide) groups is 1. The van der Waals surface area contributed by atoms with Gasteiger partial charge in [-0.1, -0.05) is 20.8 Å². The maximum atomic E-state index is 12.2. The van der Waals surface area contributed by atoms with Crippen LogP contribution in [0.3, 0.4) is 0 Å². The topological polar surface area (TPSA) is 92.5 Å². The zero-order chi connectivity index (χ0) is 18.5. The molecule has 2 rings (SSSR count). The molecular weight excluding hydrogens is 362 g/mol. The van der Waals surface area contributed by atoms with Gasteiger partial charge in [-0.2, -0.15) is 11.8 Å². The second-order valence-corrected chi connectivity index (χ2v) is 10.4. The molecule has 1 fully saturated rings. The van der Waals surface area contributed by atoms with Gasteiger partial charge >= 0.3 is 0 Å². The third kappa shape index (κ3) is 6.31. The Morgan fingerprint density at radius 3 is 2.64 bits per heavy atom. The van der Waals surface area contributed by atoms with E-state index in [0.29, 0.717) is 25.4 Å². The molecule has 0 spiro atoms. The number of hydrogen-bond donors (Lipinski definition) is 1. The van der Waals surface area contributed by atoms with Gasteiger partial charge in [0.15, 0.2) is 5.89 Å². The zero-order valence-electron chi connectivity index (χ0n) is 15.1. The van der Waals surface area contributed by atoms with Gasteiger partial charge in [-0.25, -0.2) is 17.7 Å². The van der Waals surface area contributed by atoms with E-state index in [9.17, 15) is 13.2 Å². The van der Waals surface area contributed by atoms with Gasteiger partial charge in [-0.15, -0.1) is 0 Å². The molecule has 0 atom stereocenters. The van der Waals surface area contributed by atoms with E-state index in [1.165, 1.54) is 4.31 Å². The van der Waals surface area contributed by atoms with Crippen LogP contribution in [0.4, 0.5) is 0 Å². The Labute approximate surface area is 154 Å². The highest BCUT2D eigenvalue weighted by Gasteiger charge is 2.24. The Hall–Kier alpha value is -1.06. The van der Waals surface area contributed by atoms with Crippen molar-refractivity contribution in [2.24, 2.45) is 0 Å². The van der Waals surface area contributed by atoms with Gasteiger partial charge in [-0.3, -0.25) is 4.79 Å². The fraction of sp³-hybridized carbons (Fsp3) is 0.750.